The molecule has 0 saturated carbocycles. The quantitative estimate of drug-likeness (QED) is 0.606. The second kappa shape index (κ2) is 5.98. The largest absolute Gasteiger partial charge is 0.264 e. The number of aromatic nitrogens is 3. The maximum Gasteiger partial charge on any atom is 0.130 e. The third kappa shape index (κ3) is 3.16. The van der Waals surface area contributed by atoms with Crippen LogP contribution in [0.4, 0.5) is 0 Å². The van der Waals surface area contributed by atoms with Crippen LogP contribution < -0.4 is 0 Å². The van der Waals surface area contributed by atoms with Crippen LogP contribution in [0.2, 0.25) is 15.2 Å². The summed E-state index contributed by atoms with van der Waals surface area (Å²) in [5.74, 6) is 0. The molecule has 3 heterocycles. The van der Waals surface area contributed by atoms with E-state index in [0.29, 0.717) is 20.9 Å². The first-order valence-corrected chi connectivity index (χ1v) is 7.15. The lowest BCUT2D eigenvalue weighted by molar-refractivity contribution is 1.27. The topological polar surface area (TPSA) is 38.7 Å². The van der Waals surface area contributed by atoms with Gasteiger partial charge in [0.25, 0.3) is 0 Å². The van der Waals surface area contributed by atoms with Crippen molar-refractivity contribution in [3.8, 4) is 22.4 Å². The molecule has 0 aliphatic rings. The lowest BCUT2D eigenvalue weighted by Crippen LogP contribution is -1.89. The Labute approximate surface area is 136 Å². The van der Waals surface area contributed by atoms with Crippen molar-refractivity contribution in [3.05, 3.63) is 64.3 Å². The van der Waals surface area contributed by atoms with Crippen molar-refractivity contribution >= 4 is 34.8 Å². The van der Waals surface area contributed by atoms with Crippen LogP contribution in [0, 0.1) is 0 Å². The first kappa shape index (κ1) is 14.3. The zero-order chi connectivity index (χ0) is 14.8. The third-order valence-electron chi connectivity index (χ3n) is 2.87. The maximum absolute atomic E-state index is 6.20. The molecule has 0 aliphatic heterocycles. The van der Waals surface area contributed by atoms with Gasteiger partial charge in [-0.15, -0.1) is 0 Å². The van der Waals surface area contributed by atoms with Crippen LogP contribution in [0.5, 0.6) is 0 Å². The van der Waals surface area contributed by atoms with Crippen molar-refractivity contribution in [1.82, 2.24) is 15.0 Å². The molecule has 0 amide bonds. The molecule has 6 heteroatoms. The van der Waals surface area contributed by atoms with E-state index in [4.69, 9.17) is 34.8 Å². The summed E-state index contributed by atoms with van der Waals surface area (Å²) >= 11 is 18.3. The van der Waals surface area contributed by atoms with Gasteiger partial charge in [0, 0.05) is 35.9 Å². The van der Waals surface area contributed by atoms with Crippen LogP contribution >= 0.6 is 34.8 Å². The van der Waals surface area contributed by atoms with Crippen LogP contribution in [0.15, 0.2) is 49.1 Å². The summed E-state index contributed by atoms with van der Waals surface area (Å²) in [6.07, 6.45) is 6.57. The molecule has 3 nitrogen and oxygen atoms in total. The number of pyridine rings is 3. The molecular formula is C15H8Cl3N3. The molecule has 0 aliphatic carbocycles. The fourth-order valence-corrected chi connectivity index (χ4v) is 2.54. The monoisotopic (exact) mass is 335 g/mol. The predicted molar refractivity (Wildman–Crippen MR) is 85.7 cm³/mol. The number of hydrogen-bond donors (Lipinski definition) is 0. The molecule has 0 N–H and O–H groups in total. The van der Waals surface area contributed by atoms with Crippen molar-refractivity contribution < 1.29 is 0 Å². The lowest BCUT2D eigenvalue weighted by atomic mass is 10.1. The van der Waals surface area contributed by atoms with E-state index in [9.17, 15) is 0 Å². The minimum absolute atomic E-state index is 0.363. The Balaban J connectivity index is 2.15. The molecule has 3 rings (SSSR count). The number of nitrogens with zero attached hydrogens (tertiary/aromatic N) is 3. The molecule has 0 aromatic carbocycles. The van der Waals surface area contributed by atoms with Gasteiger partial charge in [-0.25, -0.2) is 4.98 Å². The Morgan fingerprint density at radius 2 is 1.67 bits per heavy atom. The average Bonchev–Trinajstić information content (AvgIpc) is 2.47. The van der Waals surface area contributed by atoms with Gasteiger partial charge in [0.1, 0.15) is 5.15 Å². The molecule has 3 aromatic heterocycles. The van der Waals surface area contributed by atoms with E-state index in [-0.39, 0.29) is 0 Å². The maximum atomic E-state index is 6.20. The zero-order valence-corrected chi connectivity index (χ0v) is 12.9. The zero-order valence-electron chi connectivity index (χ0n) is 10.6. The molecule has 0 unspecified atom stereocenters. The predicted octanol–water partition coefficient (Wildman–Crippen LogP) is 5.17. The fraction of sp³-hybridized carbons (Fsp3) is 0. The van der Waals surface area contributed by atoms with Crippen LogP contribution in [0.25, 0.3) is 22.4 Å². The number of hydrogen-bond acceptors (Lipinski definition) is 3. The van der Waals surface area contributed by atoms with Gasteiger partial charge < -0.3 is 0 Å². The normalized spacial score (nSPS) is 10.6. The number of rotatable bonds is 2. The summed E-state index contributed by atoms with van der Waals surface area (Å²) in [4.78, 5) is 12.4. The minimum Gasteiger partial charge on any atom is -0.264 e. The standard InChI is InChI=1S/C15H8Cl3N3/c16-11-3-10(6-20-7-11)14-4-9(5-15(18)21-14)12-8-19-2-1-13(12)17/h1-8H. The smallest absolute Gasteiger partial charge is 0.130 e. The molecule has 3 aromatic rings. The summed E-state index contributed by atoms with van der Waals surface area (Å²) in [7, 11) is 0. The summed E-state index contributed by atoms with van der Waals surface area (Å²) < 4.78 is 0. The third-order valence-corrected chi connectivity index (χ3v) is 3.60. The van der Waals surface area contributed by atoms with E-state index >= 15 is 0 Å². The van der Waals surface area contributed by atoms with Crippen molar-refractivity contribution in [3.63, 3.8) is 0 Å². The van der Waals surface area contributed by atoms with E-state index in [1.807, 2.05) is 6.07 Å². The Morgan fingerprint density at radius 3 is 2.43 bits per heavy atom. The molecule has 0 atom stereocenters. The molecular weight excluding hydrogens is 329 g/mol. The van der Waals surface area contributed by atoms with Crippen molar-refractivity contribution in [2.24, 2.45) is 0 Å². The van der Waals surface area contributed by atoms with E-state index < -0.39 is 0 Å². The summed E-state index contributed by atoms with van der Waals surface area (Å²) in [5.41, 5.74) is 3.08. The Hall–Kier alpha value is -1.68. The Morgan fingerprint density at radius 1 is 0.810 bits per heavy atom. The first-order valence-electron chi connectivity index (χ1n) is 6.02. The highest BCUT2D eigenvalue weighted by atomic mass is 35.5. The van der Waals surface area contributed by atoms with Gasteiger partial charge in [0.05, 0.1) is 15.7 Å². The highest BCUT2D eigenvalue weighted by molar-refractivity contribution is 6.33. The van der Waals surface area contributed by atoms with E-state index in [2.05, 4.69) is 15.0 Å². The van der Waals surface area contributed by atoms with Gasteiger partial charge in [0.15, 0.2) is 0 Å². The lowest BCUT2D eigenvalue weighted by Gasteiger charge is -2.07. The molecule has 104 valence electrons. The van der Waals surface area contributed by atoms with Gasteiger partial charge in [-0.2, -0.15) is 0 Å². The van der Waals surface area contributed by atoms with Gasteiger partial charge in [0.2, 0.25) is 0 Å². The van der Waals surface area contributed by atoms with Crippen molar-refractivity contribution in [1.29, 1.82) is 0 Å². The van der Waals surface area contributed by atoms with Crippen LogP contribution in [-0.4, -0.2) is 15.0 Å². The molecule has 0 radical (unpaired) electrons. The second-order valence-corrected chi connectivity index (χ2v) is 5.54. The Kier molecular flexibility index (Phi) is 4.06. The fourth-order valence-electron chi connectivity index (χ4n) is 1.94. The molecule has 0 fully saturated rings. The SMILES string of the molecule is Clc1cncc(-c2cc(-c3cnccc3Cl)cc(Cl)n2)c1. The highest BCUT2D eigenvalue weighted by Gasteiger charge is 2.09. The molecule has 21 heavy (non-hydrogen) atoms. The van der Waals surface area contributed by atoms with Crippen LogP contribution in [-0.2, 0) is 0 Å². The molecule has 0 spiro atoms. The van der Waals surface area contributed by atoms with Gasteiger partial charge >= 0.3 is 0 Å². The summed E-state index contributed by atoms with van der Waals surface area (Å²) in [5, 5.41) is 1.50. The van der Waals surface area contributed by atoms with E-state index in [1.54, 1.807) is 43.0 Å². The van der Waals surface area contributed by atoms with Gasteiger partial charge in [-0.05, 0) is 29.8 Å². The van der Waals surface area contributed by atoms with Crippen LogP contribution in [0.1, 0.15) is 0 Å². The van der Waals surface area contributed by atoms with Crippen LogP contribution in [0.3, 0.4) is 0 Å². The number of halogens is 3. The average molecular weight is 337 g/mol. The second-order valence-electron chi connectivity index (χ2n) is 4.31. The minimum atomic E-state index is 0.363. The highest BCUT2D eigenvalue weighted by Crippen LogP contribution is 2.31. The van der Waals surface area contributed by atoms with Gasteiger partial charge in [-0.3, -0.25) is 9.97 Å². The first-order chi connectivity index (χ1) is 10.1. The molecule has 0 saturated heterocycles. The van der Waals surface area contributed by atoms with Gasteiger partial charge in [-0.1, -0.05) is 34.8 Å². The van der Waals surface area contributed by atoms with Crippen molar-refractivity contribution in [2.75, 3.05) is 0 Å². The summed E-state index contributed by atoms with van der Waals surface area (Å²) in [6.45, 7) is 0. The Bertz CT molecular complexity index is 806. The summed E-state index contributed by atoms with van der Waals surface area (Å²) in [6, 6.07) is 7.13. The molecule has 0 bridgehead atoms. The van der Waals surface area contributed by atoms with E-state index in [1.165, 1.54) is 0 Å². The van der Waals surface area contributed by atoms with E-state index in [0.717, 1.165) is 16.7 Å². The van der Waals surface area contributed by atoms with Crippen molar-refractivity contribution in [2.45, 2.75) is 0 Å².